The predicted molar refractivity (Wildman–Crippen MR) is 74.8 cm³/mol. The maximum absolute atomic E-state index is 4.58. The van der Waals surface area contributed by atoms with Crippen LogP contribution in [0.2, 0.25) is 0 Å². The van der Waals surface area contributed by atoms with E-state index < -0.39 is 0 Å². The Hall–Kier alpha value is -1.20. The molecule has 0 aliphatic heterocycles. The lowest BCUT2D eigenvalue weighted by atomic mass is 10.2. The summed E-state index contributed by atoms with van der Waals surface area (Å²) in [5.41, 5.74) is 1.19. The van der Waals surface area contributed by atoms with E-state index in [0.717, 1.165) is 24.5 Å². The van der Waals surface area contributed by atoms with E-state index in [1.165, 1.54) is 10.6 Å². The van der Waals surface area contributed by atoms with Crippen molar-refractivity contribution in [2.24, 2.45) is 0 Å². The molecule has 0 saturated heterocycles. The van der Waals surface area contributed by atoms with Gasteiger partial charge in [0.25, 0.3) is 0 Å². The number of thiazole rings is 1. The van der Waals surface area contributed by atoms with Crippen molar-refractivity contribution in [2.45, 2.75) is 39.8 Å². The van der Waals surface area contributed by atoms with Gasteiger partial charge in [-0.2, -0.15) is 5.10 Å². The topological polar surface area (TPSA) is 42.7 Å². The van der Waals surface area contributed by atoms with Crippen LogP contribution >= 0.6 is 11.3 Å². The van der Waals surface area contributed by atoms with Gasteiger partial charge in [-0.05, 0) is 39.8 Å². The number of rotatable bonds is 6. The highest BCUT2D eigenvalue weighted by atomic mass is 32.1. The van der Waals surface area contributed by atoms with E-state index in [1.807, 2.05) is 23.1 Å². The van der Waals surface area contributed by atoms with E-state index in [4.69, 9.17) is 0 Å². The molecule has 2 aromatic heterocycles. The van der Waals surface area contributed by atoms with Crippen LogP contribution in [0.15, 0.2) is 18.5 Å². The van der Waals surface area contributed by atoms with Crippen molar-refractivity contribution >= 4 is 11.3 Å². The number of aromatic nitrogens is 3. The first kappa shape index (κ1) is 13.2. The molecule has 1 atom stereocenters. The summed E-state index contributed by atoms with van der Waals surface area (Å²) in [6.45, 7) is 8.32. The van der Waals surface area contributed by atoms with Crippen molar-refractivity contribution < 1.29 is 0 Å². The zero-order valence-electron chi connectivity index (χ0n) is 11.2. The summed E-state index contributed by atoms with van der Waals surface area (Å²) in [6.07, 6.45) is 4.89. The second kappa shape index (κ2) is 6.11. The van der Waals surface area contributed by atoms with Gasteiger partial charge < -0.3 is 5.32 Å². The van der Waals surface area contributed by atoms with E-state index in [2.05, 4.69) is 36.2 Å². The average Bonchev–Trinajstić information content (AvgIpc) is 2.94. The van der Waals surface area contributed by atoms with Crippen molar-refractivity contribution in [3.8, 4) is 0 Å². The molecule has 0 aliphatic rings. The second-order valence-corrected chi connectivity index (χ2v) is 5.88. The van der Waals surface area contributed by atoms with Crippen molar-refractivity contribution in [1.29, 1.82) is 0 Å². The molecule has 18 heavy (non-hydrogen) atoms. The molecule has 0 aromatic carbocycles. The summed E-state index contributed by atoms with van der Waals surface area (Å²) >= 11 is 1.77. The third-order valence-corrected chi connectivity index (χ3v) is 3.83. The summed E-state index contributed by atoms with van der Waals surface area (Å²) in [4.78, 5) is 5.90. The van der Waals surface area contributed by atoms with Crippen molar-refractivity contribution in [1.82, 2.24) is 20.1 Å². The Morgan fingerprint density at radius 2 is 2.28 bits per heavy atom. The number of hydrogen-bond donors (Lipinski definition) is 1. The fourth-order valence-electron chi connectivity index (χ4n) is 2.04. The molecule has 0 amide bonds. The zero-order chi connectivity index (χ0) is 13.0. The molecule has 0 saturated carbocycles. The Bertz CT molecular complexity index is 475. The highest BCUT2D eigenvalue weighted by Gasteiger charge is 2.11. The fraction of sp³-hybridized carbons (Fsp3) is 0.538. The van der Waals surface area contributed by atoms with E-state index in [9.17, 15) is 0 Å². The molecule has 0 bridgehead atoms. The van der Waals surface area contributed by atoms with Gasteiger partial charge in [-0.1, -0.05) is 0 Å². The molecule has 1 N–H and O–H groups in total. The molecule has 0 fully saturated rings. The maximum Gasteiger partial charge on any atom is 0.0900 e. The van der Waals surface area contributed by atoms with E-state index >= 15 is 0 Å². The molecular weight excluding hydrogens is 244 g/mol. The Balaban J connectivity index is 1.75. The molecule has 1 unspecified atom stereocenters. The average molecular weight is 264 g/mol. The number of nitrogens with one attached hydrogen (secondary N) is 1. The Kier molecular flexibility index (Phi) is 4.49. The summed E-state index contributed by atoms with van der Waals surface area (Å²) in [6, 6.07) is 2.28. The third-order valence-electron chi connectivity index (χ3n) is 2.92. The molecule has 98 valence electrons. The number of hydrogen-bond acceptors (Lipinski definition) is 4. The highest BCUT2D eigenvalue weighted by Crippen LogP contribution is 2.22. The zero-order valence-corrected chi connectivity index (χ0v) is 12.0. The summed E-state index contributed by atoms with van der Waals surface area (Å²) in [5.74, 6) is 0. The monoisotopic (exact) mass is 264 g/mol. The number of nitrogens with zero attached hydrogens (tertiary/aromatic N) is 3. The van der Waals surface area contributed by atoms with Gasteiger partial charge >= 0.3 is 0 Å². The molecule has 0 radical (unpaired) electrons. The van der Waals surface area contributed by atoms with Gasteiger partial charge in [-0.15, -0.1) is 11.3 Å². The Morgan fingerprint density at radius 3 is 2.89 bits per heavy atom. The minimum Gasteiger partial charge on any atom is -0.309 e. The highest BCUT2D eigenvalue weighted by molar-refractivity contribution is 7.11. The lowest BCUT2D eigenvalue weighted by Crippen LogP contribution is -2.22. The van der Waals surface area contributed by atoms with E-state index in [1.54, 1.807) is 11.3 Å². The predicted octanol–water partition coefficient (Wildman–Crippen LogP) is 2.70. The Labute approximate surface area is 112 Å². The summed E-state index contributed by atoms with van der Waals surface area (Å²) in [7, 11) is 0. The van der Waals surface area contributed by atoms with Gasteiger partial charge in [0.2, 0.25) is 0 Å². The Morgan fingerprint density at radius 1 is 1.44 bits per heavy atom. The van der Waals surface area contributed by atoms with Crippen molar-refractivity contribution in [3.05, 3.63) is 34.0 Å². The first-order valence-electron chi connectivity index (χ1n) is 6.31. The van der Waals surface area contributed by atoms with Crippen LogP contribution in [0, 0.1) is 13.8 Å². The van der Waals surface area contributed by atoms with Gasteiger partial charge in [-0.25, -0.2) is 4.98 Å². The van der Waals surface area contributed by atoms with E-state index in [-0.39, 0.29) is 0 Å². The van der Waals surface area contributed by atoms with E-state index in [0.29, 0.717) is 6.04 Å². The van der Waals surface area contributed by atoms with Crippen molar-refractivity contribution in [3.63, 3.8) is 0 Å². The molecule has 0 aliphatic carbocycles. The fourth-order valence-corrected chi connectivity index (χ4v) is 2.95. The molecule has 2 rings (SSSR count). The minimum atomic E-state index is 0.326. The first-order chi connectivity index (χ1) is 8.66. The van der Waals surface area contributed by atoms with Crippen LogP contribution in [0.5, 0.6) is 0 Å². The lowest BCUT2D eigenvalue weighted by molar-refractivity contribution is 0.501. The summed E-state index contributed by atoms with van der Waals surface area (Å²) < 4.78 is 1.96. The quantitative estimate of drug-likeness (QED) is 0.816. The smallest absolute Gasteiger partial charge is 0.0900 e. The SMILES string of the molecule is Cc1nc(C(C)NCCCn2cccn2)c(C)s1. The van der Waals surface area contributed by atoms with Gasteiger partial charge in [0.1, 0.15) is 0 Å². The van der Waals surface area contributed by atoms with Crippen LogP contribution in [-0.2, 0) is 6.54 Å². The van der Waals surface area contributed by atoms with Crippen LogP contribution in [-0.4, -0.2) is 21.3 Å². The lowest BCUT2D eigenvalue weighted by Gasteiger charge is -2.12. The maximum atomic E-state index is 4.58. The second-order valence-electron chi connectivity index (χ2n) is 4.47. The summed E-state index contributed by atoms with van der Waals surface area (Å²) in [5, 5.41) is 8.85. The minimum absolute atomic E-state index is 0.326. The van der Waals surface area contributed by atoms with Gasteiger partial charge in [0, 0.05) is 29.9 Å². The molecule has 4 nitrogen and oxygen atoms in total. The molecule has 0 spiro atoms. The van der Waals surface area contributed by atoms with Crippen LogP contribution < -0.4 is 5.32 Å². The molecular formula is C13H20N4S. The normalized spacial score (nSPS) is 12.8. The van der Waals surface area contributed by atoms with Gasteiger partial charge in [0.05, 0.1) is 10.7 Å². The van der Waals surface area contributed by atoms with Crippen LogP contribution in [0.3, 0.4) is 0 Å². The molecule has 5 heteroatoms. The van der Waals surface area contributed by atoms with Crippen LogP contribution in [0.1, 0.15) is 35.0 Å². The molecule has 2 aromatic rings. The molecule has 2 heterocycles. The number of aryl methyl sites for hydroxylation is 3. The van der Waals surface area contributed by atoms with Crippen molar-refractivity contribution in [2.75, 3.05) is 6.54 Å². The first-order valence-corrected chi connectivity index (χ1v) is 7.13. The largest absolute Gasteiger partial charge is 0.309 e. The van der Waals surface area contributed by atoms with Gasteiger partial charge in [0.15, 0.2) is 0 Å². The van der Waals surface area contributed by atoms with Crippen LogP contribution in [0.25, 0.3) is 0 Å². The standard InChI is InChI=1S/C13H20N4S/c1-10(13-11(2)18-12(3)16-13)14-6-4-8-17-9-5-7-15-17/h5,7,9-10,14H,4,6,8H2,1-3H3. The van der Waals surface area contributed by atoms with Gasteiger partial charge in [-0.3, -0.25) is 4.68 Å². The third kappa shape index (κ3) is 3.40. The van der Waals surface area contributed by atoms with Crippen LogP contribution in [0.4, 0.5) is 0 Å².